The van der Waals surface area contributed by atoms with E-state index in [2.05, 4.69) is 31.9 Å². The number of hydrogen-bond acceptors (Lipinski definition) is 7. The minimum atomic E-state index is -0.271. The number of imidazole rings is 1. The zero-order valence-corrected chi connectivity index (χ0v) is 22.7. The van der Waals surface area contributed by atoms with Crippen LogP contribution in [-0.2, 0) is 17.7 Å². The SMILES string of the molecule is CNc1nccc(-c2c(-c3ccc(F)cc3)nc3n2C(CN(CCCOC)Cc2ccccc2OC)CC3)n1. The Bertz CT molecular complexity index is 1390. The third-order valence-corrected chi connectivity index (χ3v) is 7.17. The molecule has 8 nitrogen and oxygen atoms in total. The summed E-state index contributed by atoms with van der Waals surface area (Å²) in [6.07, 6.45) is 4.53. The molecule has 2 aromatic carbocycles. The number of aryl methyl sites for hydroxylation is 1. The van der Waals surface area contributed by atoms with Gasteiger partial charge in [0.2, 0.25) is 5.95 Å². The molecular weight excluding hydrogens is 495 g/mol. The zero-order chi connectivity index (χ0) is 27.2. The van der Waals surface area contributed by atoms with Gasteiger partial charge in [-0.25, -0.2) is 19.3 Å². The number of nitrogens with zero attached hydrogens (tertiary/aromatic N) is 5. The molecule has 4 aromatic rings. The van der Waals surface area contributed by atoms with Crippen molar-refractivity contribution in [1.29, 1.82) is 0 Å². The highest BCUT2D eigenvalue weighted by molar-refractivity contribution is 5.78. The van der Waals surface area contributed by atoms with Gasteiger partial charge < -0.3 is 19.4 Å². The Balaban J connectivity index is 1.53. The molecule has 1 aliphatic heterocycles. The van der Waals surface area contributed by atoms with E-state index in [-0.39, 0.29) is 11.9 Å². The van der Waals surface area contributed by atoms with Gasteiger partial charge in [0, 0.05) is 70.2 Å². The summed E-state index contributed by atoms with van der Waals surface area (Å²) in [5.41, 5.74) is 4.55. The van der Waals surface area contributed by atoms with Crippen LogP contribution in [0.5, 0.6) is 5.75 Å². The van der Waals surface area contributed by atoms with Crippen LogP contribution in [-0.4, -0.2) is 65.4 Å². The number of ether oxygens (including phenoxy) is 2. The zero-order valence-electron chi connectivity index (χ0n) is 22.7. The number of fused-ring (bicyclic) bond motifs is 1. The van der Waals surface area contributed by atoms with Crippen molar-refractivity contribution in [3.8, 4) is 28.4 Å². The lowest BCUT2D eigenvalue weighted by molar-refractivity contribution is 0.160. The summed E-state index contributed by atoms with van der Waals surface area (Å²) in [5.74, 6) is 2.18. The van der Waals surface area contributed by atoms with E-state index in [9.17, 15) is 4.39 Å². The van der Waals surface area contributed by atoms with Crippen molar-refractivity contribution < 1.29 is 13.9 Å². The Morgan fingerprint density at radius 2 is 1.90 bits per heavy atom. The van der Waals surface area contributed by atoms with Gasteiger partial charge in [-0.05, 0) is 49.2 Å². The number of hydrogen-bond donors (Lipinski definition) is 1. The molecule has 3 heterocycles. The molecule has 0 fully saturated rings. The van der Waals surface area contributed by atoms with Crippen LogP contribution in [0.2, 0.25) is 0 Å². The molecule has 0 saturated carbocycles. The van der Waals surface area contributed by atoms with Gasteiger partial charge in [-0.3, -0.25) is 4.90 Å². The molecule has 1 unspecified atom stereocenters. The molecule has 1 aliphatic rings. The number of benzene rings is 2. The van der Waals surface area contributed by atoms with Crippen molar-refractivity contribution in [2.24, 2.45) is 0 Å². The van der Waals surface area contributed by atoms with Crippen LogP contribution in [0.4, 0.5) is 10.3 Å². The molecule has 0 aliphatic carbocycles. The molecule has 0 radical (unpaired) electrons. The summed E-state index contributed by atoms with van der Waals surface area (Å²) in [5, 5.41) is 3.04. The molecule has 0 saturated heterocycles. The summed E-state index contributed by atoms with van der Waals surface area (Å²) >= 11 is 0. The van der Waals surface area contributed by atoms with Crippen molar-refractivity contribution in [3.05, 3.63) is 78.0 Å². The fourth-order valence-corrected chi connectivity index (χ4v) is 5.35. The van der Waals surface area contributed by atoms with Crippen LogP contribution in [0.3, 0.4) is 0 Å². The van der Waals surface area contributed by atoms with E-state index in [0.717, 1.165) is 78.7 Å². The van der Waals surface area contributed by atoms with E-state index < -0.39 is 0 Å². The van der Waals surface area contributed by atoms with E-state index >= 15 is 0 Å². The van der Waals surface area contributed by atoms with E-state index in [1.807, 2.05) is 18.2 Å². The summed E-state index contributed by atoms with van der Waals surface area (Å²) in [4.78, 5) is 16.6. The standard InChI is InChI=1S/C30H35FN6O2/c1-32-30-33-16-15-25(34-30)29-28(21-9-11-23(31)12-10-21)35-27-14-13-24(37(27)29)20-36(17-6-18-38-2)19-22-7-4-5-8-26(22)39-3/h4-5,7-12,15-16,24H,6,13-14,17-20H2,1-3H3,(H,32,33,34). The van der Waals surface area contributed by atoms with Crippen LogP contribution in [0.1, 0.15) is 30.3 Å². The first kappa shape index (κ1) is 26.8. The molecule has 2 aromatic heterocycles. The second kappa shape index (κ2) is 12.4. The Morgan fingerprint density at radius 1 is 1.08 bits per heavy atom. The number of nitrogens with one attached hydrogen (secondary N) is 1. The van der Waals surface area contributed by atoms with Gasteiger partial charge in [0.05, 0.1) is 24.2 Å². The molecule has 204 valence electrons. The predicted octanol–water partition coefficient (Wildman–Crippen LogP) is 5.22. The summed E-state index contributed by atoms with van der Waals surface area (Å²) < 4.78 is 27.1. The lowest BCUT2D eigenvalue weighted by Gasteiger charge is -2.28. The number of para-hydroxylation sites is 1. The Morgan fingerprint density at radius 3 is 2.67 bits per heavy atom. The molecule has 5 rings (SSSR count). The smallest absolute Gasteiger partial charge is 0.222 e. The normalized spacial score (nSPS) is 14.5. The Hall–Kier alpha value is -3.82. The number of aromatic nitrogens is 4. The summed E-state index contributed by atoms with van der Waals surface area (Å²) in [6.45, 7) is 3.21. The molecule has 0 amide bonds. The van der Waals surface area contributed by atoms with Gasteiger partial charge in [-0.2, -0.15) is 0 Å². The van der Waals surface area contributed by atoms with Crippen molar-refractivity contribution >= 4 is 5.95 Å². The average Bonchev–Trinajstić information content (AvgIpc) is 3.53. The van der Waals surface area contributed by atoms with E-state index in [1.54, 1.807) is 39.6 Å². The quantitative estimate of drug-likeness (QED) is 0.252. The monoisotopic (exact) mass is 530 g/mol. The molecule has 9 heteroatoms. The van der Waals surface area contributed by atoms with Crippen LogP contribution in [0.25, 0.3) is 22.6 Å². The van der Waals surface area contributed by atoms with E-state index in [0.29, 0.717) is 12.6 Å². The fourth-order valence-electron chi connectivity index (χ4n) is 5.35. The number of anilines is 1. The van der Waals surface area contributed by atoms with Gasteiger partial charge in [0.1, 0.15) is 17.4 Å². The highest BCUT2D eigenvalue weighted by atomic mass is 19.1. The Kier molecular flexibility index (Phi) is 8.48. The number of halogens is 1. The topological polar surface area (TPSA) is 77.3 Å². The van der Waals surface area contributed by atoms with Crippen molar-refractivity contribution in [2.75, 3.05) is 46.3 Å². The minimum absolute atomic E-state index is 0.196. The Labute approximate surface area is 228 Å². The number of rotatable bonds is 12. The summed E-state index contributed by atoms with van der Waals surface area (Å²) in [6, 6.07) is 16.8. The van der Waals surface area contributed by atoms with Gasteiger partial charge in [0.25, 0.3) is 0 Å². The number of methoxy groups -OCH3 is 2. The fraction of sp³-hybridized carbons (Fsp3) is 0.367. The van der Waals surface area contributed by atoms with Crippen molar-refractivity contribution in [2.45, 2.75) is 31.8 Å². The van der Waals surface area contributed by atoms with Crippen LogP contribution in [0.15, 0.2) is 60.8 Å². The third-order valence-electron chi connectivity index (χ3n) is 7.17. The molecule has 1 atom stereocenters. The van der Waals surface area contributed by atoms with Crippen LogP contribution < -0.4 is 10.1 Å². The first-order valence-corrected chi connectivity index (χ1v) is 13.3. The minimum Gasteiger partial charge on any atom is -0.496 e. The van der Waals surface area contributed by atoms with Gasteiger partial charge >= 0.3 is 0 Å². The third kappa shape index (κ3) is 5.94. The van der Waals surface area contributed by atoms with E-state index in [1.165, 1.54) is 12.1 Å². The molecule has 0 bridgehead atoms. The molecular formula is C30H35FN6O2. The largest absolute Gasteiger partial charge is 0.496 e. The second-order valence-electron chi connectivity index (χ2n) is 9.70. The lowest BCUT2D eigenvalue weighted by atomic mass is 10.1. The predicted molar refractivity (Wildman–Crippen MR) is 150 cm³/mol. The second-order valence-corrected chi connectivity index (χ2v) is 9.70. The van der Waals surface area contributed by atoms with Crippen molar-refractivity contribution in [3.63, 3.8) is 0 Å². The lowest BCUT2D eigenvalue weighted by Crippen LogP contribution is -2.31. The van der Waals surface area contributed by atoms with Crippen LogP contribution >= 0.6 is 0 Å². The highest BCUT2D eigenvalue weighted by Crippen LogP contribution is 2.39. The highest BCUT2D eigenvalue weighted by Gasteiger charge is 2.32. The average molecular weight is 531 g/mol. The maximum atomic E-state index is 13.8. The van der Waals surface area contributed by atoms with E-state index in [4.69, 9.17) is 19.4 Å². The maximum Gasteiger partial charge on any atom is 0.222 e. The van der Waals surface area contributed by atoms with Gasteiger partial charge in [-0.1, -0.05) is 18.2 Å². The van der Waals surface area contributed by atoms with Crippen LogP contribution in [0, 0.1) is 5.82 Å². The first-order chi connectivity index (χ1) is 19.1. The van der Waals surface area contributed by atoms with Crippen molar-refractivity contribution in [1.82, 2.24) is 24.4 Å². The molecule has 0 spiro atoms. The molecule has 1 N–H and O–H groups in total. The first-order valence-electron chi connectivity index (χ1n) is 13.3. The molecule has 39 heavy (non-hydrogen) atoms. The van der Waals surface area contributed by atoms with Gasteiger partial charge in [-0.15, -0.1) is 0 Å². The maximum absolute atomic E-state index is 13.8. The van der Waals surface area contributed by atoms with Gasteiger partial charge in [0.15, 0.2) is 0 Å². The summed E-state index contributed by atoms with van der Waals surface area (Å²) in [7, 11) is 5.26.